The van der Waals surface area contributed by atoms with Crippen LogP contribution in [-0.4, -0.2) is 42.9 Å². The van der Waals surface area contributed by atoms with Gasteiger partial charge in [-0.2, -0.15) is 0 Å². The first-order valence-electron chi connectivity index (χ1n) is 7.30. The number of thioether (sulfide) groups is 1. The van der Waals surface area contributed by atoms with Crippen LogP contribution in [-0.2, 0) is 14.6 Å². The predicted molar refractivity (Wildman–Crippen MR) is 92.6 cm³/mol. The Hall–Kier alpha value is -1.27. The van der Waals surface area contributed by atoms with Crippen LogP contribution in [0.3, 0.4) is 0 Å². The predicted octanol–water partition coefficient (Wildman–Crippen LogP) is 2.12. The molecule has 2 atom stereocenters. The molecular formula is C16H21NO3S2. The molecule has 2 rings (SSSR count). The van der Waals surface area contributed by atoms with Crippen molar-refractivity contribution >= 4 is 33.6 Å². The third kappa shape index (κ3) is 5.50. The number of hydrogen-bond donors (Lipinski definition) is 1. The van der Waals surface area contributed by atoms with Gasteiger partial charge in [-0.25, -0.2) is 8.42 Å². The van der Waals surface area contributed by atoms with E-state index in [1.54, 1.807) is 0 Å². The van der Waals surface area contributed by atoms with Gasteiger partial charge >= 0.3 is 0 Å². The Bertz CT molecular complexity index is 626. The fourth-order valence-corrected chi connectivity index (χ4v) is 4.64. The maximum atomic E-state index is 12.0. The summed E-state index contributed by atoms with van der Waals surface area (Å²) in [5.41, 5.74) is 1.14. The van der Waals surface area contributed by atoms with E-state index in [9.17, 15) is 13.2 Å². The van der Waals surface area contributed by atoms with Crippen LogP contribution in [0, 0.1) is 0 Å². The summed E-state index contributed by atoms with van der Waals surface area (Å²) in [5, 5.41) is 2.64. The van der Waals surface area contributed by atoms with Gasteiger partial charge < -0.3 is 5.32 Å². The second kappa shape index (κ2) is 7.83. The Kier molecular flexibility index (Phi) is 6.08. The van der Waals surface area contributed by atoms with E-state index in [1.165, 1.54) is 11.8 Å². The molecule has 0 radical (unpaired) electrons. The van der Waals surface area contributed by atoms with Crippen LogP contribution in [0.25, 0.3) is 6.08 Å². The summed E-state index contributed by atoms with van der Waals surface area (Å²) in [7, 11) is -2.95. The van der Waals surface area contributed by atoms with E-state index >= 15 is 0 Å². The second-order valence-corrected chi connectivity index (χ2v) is 9.00. The summed E-state index contributed by atoms with van der Waals surface area (Å²) in [6, 6.07) is 9.77. The highest BCUT2D eigenvalue weighted by Crippen LogP contribution is 2.15. The Morgan fingerprint density at radius 3 is 2.77 bits per heavy atom. The Balaban J connectivity index is 1.72. The summed E-state index contributed by atoms with van der Waals surface area (Å²) in [6.07, 6.45) is 4.59. The molecule has 1 fully saturated rings. The molecule has 1 aromatic rings. The molecule has 0 unspecified atom stereocenters. The van der Waals surface area contributed by atoms with Crippen molar-refractivity contribution in [2.45, 2.75) is 24.6 Å². The molecule has 0 bridgehead atoms. The molecule has 1 aliphatic heterocycles. The van der Waals surface area contributed by atoms with Gasteiger partial charge in [-0.3, -0.25) is 4.79 Å². The average Bonchev–Trinajstić information content (AvgIpc) is 2.83. The van der Waals surface area contributed by atoms with Crippen molar-refractivity contribution < 1.29 is 13.2 Å². The van der Waals surface area contributed by atoms with Crippen molar-refractivity contribution in [1.29, 1.82) is 0 Å². The molecule has 0 aliphatic carbocycles. The summed E-state index contributed by atoms with van der Waals surface area (Å²) >= 11 is 1.54. The monoisotopic (exact) mass is 339 g/mol. The molecule has 0 spiro atoms. The quantitative estimate of drug-likeness (QED) is 0.862. The maximum Gasteiger partial charge on any atom is 0.233 e. The Labute approximate surface area is 136 Å². The minimum Gasteiger partial charge on any atom is -0.351 e. The second-order valence-electron chi connectivity index (χ2n) is 5.40. The zero-order valence-corrected chi connectivity index (χ0v) is 14.2. The zero-order chi connectivity index (χ0) is 16.0. The highest BCUT2D eigenvalue weighted by Gasteiger charge is 2.29. The summed E-state index contributed by atoms with van der Waals surface area (Å²) < 4.78 is 22.7. The first-order valence-corrected chi connectivity index (χ1v) is 10.2. The van der Waals surface area contributed by atoms with Gasteiger partial charge in [0.25, 0.3) is 0 Å². The van der Waals surface area contributed by atoms with E-state index < -0.39 is 9.84 Å². The molecule has 120 valence electrons. The van der Waals surface area contributed by atoms with E-state index in [2.05, 4.69) is 5.32 Å². The highest BCUT2D eigenvalue weighted by molar-refractivity contribution is 8.00. The average molecular weight is 339 g/mol. The molecule has 0 aromatic heterocycles. The van der Waals surface area contributed by atoms with Gasteiger partial charge in [0, 0.05) is 11.8 Å². The molecule has 1 aromatic carbocycles. The van der Waals surface area contributed by atoms with Crippen molar-refractivity contribution in [2.24, 2.45) is 0 Å². The fourth-order valence-electron chi connectivity index (χ4n) is 2.25. The van der Waals surface area contributed by atoms with Crippen molar-refractivity contribution in [3.8, 4) is 0 Å². The topological polar surface area (TPSA) is 63.2 Å². The van der Waals surface area contributed by atoms with Gasteiger partial charge in [-0.1, -0.05) is 42.5 Å². The van der Waals surface area contributed by atoms with Crippen LogP contribution in [0.4, 0.5) is 0 Å². The number of benzene rings is 1. The molecule has 0 saturated carbocycles. The third-order valence-electron chi connectivity index (χ3n) is 3.50. The number of carbonyl (C=O) groups is 1. The van der Waals surface area contributed by atoms with Gasteiger partial charge in [-0.05, 0) is 18.9 Å². The minimum absolute atomic E-state index is 0.0734. The fraction of sp³-hybridized carbons (Fsp3) is 0.438. The van der Waals surface area contributed by atoms with Gasteiger partial charge in [0.15, 0.2) is 9.84 Å². The lowest BCUT2D eigenvalue weighted by Crippen LogP contribution is -2.40. The number of nitrogens with one attached hydrogen (secondary N) is 1. The lowest BCUT2D eigenvalue weighted by molar-refractivity contribution is -0.120. The van der Waals surface area contributed by atoms with Gasteiger partial charge in [0.2, 0.25) is 5.91 Å². The van der Waals surface area contributed by atoms with E-state index in [4.69, 9.17) is 0 Å². The number of rotatable bonds is 6. The third-order valence-corrected chi connectivity index (χ3v) is 6.37. The molecule has 1 amide bonds. The van der Waals surface area contributed by atoms with E-state index in [0.717, 1.165) is 11.3 Å². The summed E-state index contributed by atoms with van der Waals surface area (Å²) in [5.74, 6) is 0.913. The Morgan fingerprint density at radius 1 is 1.41 bits per heavy atom. The SMILES string of the molecule is C[C@H](SC/C=C\c1ccccc1)C(=O)N[C@H]1CCS(=O)(=O)C1. The molecule has 6 heteroatoms. The van der Waals surface area contributed by atoms with Crippen LogP contribution in [0.15, 0.2) is 36.4 Å². The van der Waals surface area contributed by atoms with Crippen LogP contribution in [0.1, 0.15) is 18.9 Å². The number of amides is 1. The molecule has 4 nitrogen and oxygen atoms in total. The summed E-state index contributed by atoms with van der Waals surface area (Å²) in [6.45, 7) is 1.85. The molecule has 1 N–H and O–H groups in total. The number of hydrogen-bond acceptors (Lipinski definition) is 4. The van der Waals surface area contributed by atoms with Gasteiger partial charge in [0.1, 0.15) is 0 Å². The van der Waals surface area contributed by atoms with Crippen molar-refractivity contribution in [1.82, 2.24) is 5.32 Å². The smallest absolute Gasteiger partial charge is 0.233 e. The molecule has 1 saturated heterocycles. The van der Waals surface area contributed by atoms with E-state index in [1.807, 2.05) is 49.4 Å². The standard InChI is InChI=1S/C16H21NO3S2/c1-13(16(18)17-15-9-11-22(19,20)12-15)21-10-5-8-14-6-3-2-4-7-14/h2-8,13,15H,9-12H2,1H3,(H,17,18)/b8-5-/t13-,15-/m0/s1. The highest BCUT2D eigenvalue weighted by atomic mass is 32.2. The van der Waals surface area contributed by atoms with Crippen molar-refractivity contribution in [3.63, 3.8) is 0 Å². The molecule has 1 aliphatic rings. The largest absolute Gasteiger partial charge is 0.351 e. The van der Waals surface area contributed by atoms with E-state index in [-0.39, 0.29) is 28.7 Å². The summed E-state index contributed by atoms with van der Waals surface area (Å²) in [4.78, 5) is 12.0. The van der Waals surface area contributed by atoms with Gasteiger partial charge in [0.05, 0.1) is 16.8 Å². The van der Waals surface area contributed by atoms with Crippen LogP contribution in [0.2, 0.25) is 0 Å². The van der Waals surface area contributed by atoms with Crippen molar-refractivity contribution in [2.75, 3.05) is 17.3 Å². The van der Waals surface area contributed by atoms with Crippen LogP contribution < -0.4 is 5.32 Å². The molecular weight excluding hydrogens is 318 g/mol. The van der Waals surface area contributed by atoms with Gasteiger partial charge in [-0.15, -0.1) is 11.8 Å². The first kappa shape index (κ1) is 17.1. The normalized spacial score (nSPS) is 21.8. The van der Waals surface area contributed by atoms with Crippen LogP contribution >= 0.6 is 11.8 Å². The first-order chi connectivity index (χ1) is 10.5. The minimum atomic E-state index is -2.95. The zero-order valence-electron chi connectivity index (χ0n) is 12.6. The lowest BCUT2D eigenvalue weighted by Gasteiger charge is -2.15. The maximum absolute atomic E-state index is 12.0. The van der Waals surface area contributed by atoms with Crippen molar-refractivity contribution in [3.05, 3.63) is 42.0 Å². The molecule has 1 heterocycles. The van der Waals surface area contributed by atoms with Crippen LogP contribution in [0.5, 0.6) is 0 Å². The Morgan fingerprint density at radius 2 is 2.14 bits per heavy atom. The number of sulfone groups is 1. The molecule has 22 heavy (non-hydrogen) atoms. The lowest BCUT2D eigenvalue weighted by atomic mass is 10.2. The number of carbonyl (C=O) groups excluding carboxylic acids is 1. The van der Waals surface area contributed by atoms with E-state index in [0.29, 0.717) is 6.42 Å².